The number of hydrogen-bond acceptors (Lipinski definition) is 7. The van der Waals surface area contributed by atoms with E-state index in [1.807, 2.05) is 18.2 Å². The van der Waals surface area contributed by atoms with Crippen molar-refractivity contribution in [2.24, 2.45) is 0 Å². The Kier molecular flexibility index (Phi) is 4.75. The van der Waals surface area contributed by atoms with E-state index in [-0.39, 0.29) is 0 Å². The summed E-state index contributed by atoms with van der Waals surface area (Å²) >= 11 is 0. The Bertz CT molecular complexity index is 1360. The summed E-state index contributed by atoms with van der Waals surface area (Å²) in [6.07, 6.45) is 8.27. The van der Waals surface area contributed by atoms with Gasteiger partial charge in [0.15, 0.2) is 5.75 Å². The molecule has 0 amide bonds. The third-order valence-corrected chi connectivity index (χ3v) is 6.95. The summed E-state index contributed by atoms with van der Waals surface area (Å²) < 4.78 is 31.0. The van der Waals surface area contributed by atoms with Gasteiger partial charge in [0.25, 0.3) is 0 Å². The fourth-order valence-corrected chi connectivity index (χ4v) is 4.93. The van der Waals surface area contributed by atoms with Gasteiger partial charge in [0.05, 0.1) is 48.0 Å². The van der Waals surface area contributed by atoms with Crippen LogP contribution in [-0.4, -0.2) is 72.2 Å². The molecule has 0 aliphatic carbocycles. The Balaban J connectivity index is 1.66. The van der Waals surface area contributed by atoms with E-state index in [1.165, 1.54) is 10.6 Å². The van der Waals surface area contributed by atoms with Crippen LogP contribution in [0.2, 0.25) is 0 Å². The van der Waals surface area contributed by atoms with Gasteiger partial charge in [-0.05, 0) is 18.2 Å². The first-order chi connectivity index (χ1) is 15.0. The van der Waals surface area contributed by atoms with Crippen molar-refractivity contribution in [1.82, 2.24) is 24.2 Å². The fraction of sp³-hybridized carbons (Fsp3) is 0.286. The lowest BCUT2D eigenvalue weighted by Crippen LogP contribution is -2.48. The number of sulfonamides is 1. The third kappa shape index (κ3) is 3.47. The minimum absolute atomic E-state index is 0.427. The Morgan fingerprint density at radius 1 is 1.10 bits per heavy atom. The van der Waals surface area contributed by atoms with Crippen molar-refractivity contribution in [2.45, 2.75) is 0 Å². The maximum atomic E-state index is 11.9. The zero-order chi connectivity index (χ0) is 21.6. The Morgan fingerprint density at radius 2 is 1.90 bits per heavy atom. The molecule has 0 aromatic carbocycles. The van der Waals surface area contributed by atoms with E-state index in [1.54, 1.807) is 31.9 Å². The van der Waals surface area contributed by atoms with E-state index in [0.29, 0.717) is 31.9 Å². The van der Waals surface area contributed by atoms with Crippen molar-refractivity contribution in [2.75, 3.05) is 44.4 Å². The van der Waals surface area contributed by atoms with E-state index < -0.39 is 10.0 Å². The summed E-state index contributed by atoms with van der Waals surface area (Å²) in [6.45, 7) is 1.98. The van der Waals surface area contributed by atoms with Crippen LogP contribution in [0, 0.1) is 0 Å². The first kappa shape index (κ1) is 19.7. The molecule has 0 unspecified atom stereocenters. The Labute approximate surface area is 179 Å². The van der Waals surface area contributed by atoms with E-state index in [4.69, 9.17) is 4.74 Å². The summed E-state index contributed by atoms with van der Waals surface area (Å²) in [5, 5.41) is 1.92. The van der Waals surface area contributed by atoms with E-state index >= 15 is 0 Å². The zero-order valence-electron chi connectivity index (χ0n) is 17.2. The van der Waals surface area contributed by atoms with Crippen LogP contribution in [0.1, 0.15) is 0 Å². The molecule has 0 radical (unpaired) electrons. The predicted molar refractivity (Wildman–Crippen MR) is 120 cm³/mol. The Morgan fingerprint density at radius 3 is 2.58 bits per heavy atom. The van der Waals surface area contributed by atoms with Crippen LogP contribution < -0.4 is 9.64 Å². The molecule has 4 aromatic heterocycles. The number of ether oxygens (including phenoxy) is 1. The topological polar surface area (TPSA) is 104 Å². The number of rotatable bonds is 4. The lowest BCUT2D eigenvalue weighted by atomic mass is 10.1. The Hall–Kier alpha value is -3.24. The van der Waals surface area contributed by atoms with E-state index in [2.05, 4.69) is 24.8 Å². The van der Waals surface area contributed by atoms with Gasteiger partial charge in [0.1, 0.15) is 5.65 Å². The van der Waals surface area contributed by atoms with Crippen molar-refractivity contribution >= 4 is 37.6 Å². The van der Waals surface area contributed by atoms with Crippen LogP contribution in [0.15, 0.2) is 43.0 Å². The molecule has 0 spiro atoms. The SMILES string of the molecule is COc1cnc2[nH]c3cnc(-c4cccnc4)cc3c2c1N1CCN(S(C)(=O)=O)CC1. The number of pyridine rings is 3. The first-order valence-electron chi connectivity index (χ1n) is 9.90. The number of anilines is 1. The van der Waals surface area contributed by atoms with Gasteiger partial charge in [-0.15, -0.1) is 0 Å². The molecule has 1 saturated heterocycles. The molecule has 1 aliphatic heterocycles. The lowest BCUT2D eigenvalue weighted by Gasteiger charge is -2.35. The average Bonchev–Trinajstić information content (AvgIpc) is 3.16. The molecule has 5 rings (SSSR count). The second-order valence-corrected chi connectivity index (χ2v) is 9.51. The predicted octanol–water partition coefficient (Wildman–Crippen LogP) is 2.26. The quantitative estimate of drug-likeness (QED) is 0.521. The molecule has 1 N–H and O–H groups in total. The van der Waals surface area contributed by atoms with Crippen LogP contribution in [0.4, 0.5) is 5.69 Å². The maximum Gasteiger partial charge on any atom is 0.211 e. The molecule has 1 aliphatic rings. The molecule has 10 heteroatoms. The summed E-state index contributed by atoms with van der Waals surface area (Å²) in [6, 6.07) is 5.89. The number of nitrogens with zero attached hydrogens (tertiary/aromatic N) is 5. The smallest absolute Gasteiger partial charge is 0.211 e. The number of fused-ring (bicyclic) bond motifs is 3. The van der Waals surface area contributed by atoms with Gasteiger partial charge in [-0.25, -0.2) is 13.4 Å². The molecule has 5 heterocycles. The standard InChI is InChI=1S/C21H22N6O3S/c1-30-18-13-24-21-19(20(18)26-6-8-27(9-7-26)31(2,28)29)15-10-16(23-12-17(15)25-21)14-4-3-5-22-11-14/h3-5,10-13H,6-9H2,1-2H3,(H,24,25). The van der Waals surface area contributed by atoms with Crippen LogP contribution in [0.3, 0.4) is 0 Å². The zero-order valence-corrected chi connectivity index (χ0v) is 18.1. The minimum atomic E-state index is -3.21. The molecule has 4 aromatic rings. The number of nitrogens with one attached hydrogen (secondary N) is 1. The van der Waals surface area contributed by atoms with Gasteiger partial charge in [-0.2, -0.15) is 4.31 Å². The number of aromatic amines is 1. The second-order valence-electron chi connectivity index (χ2n) is 7.53. The van der Waals surface area contributed by atoms with Crippen LogP contribution in [0.5, 0.6) is 5.75 Å². The highest BCUT2D eigenvalue weighted by molar-refractivity contribution is 7.88. The monoisotopic (exact) mass is 438 g/mol. The van der Waals surface area contributed by atoms with Gasteiger partial charge < -0.3 is 14.6 Å². The van der Waals surface area contributed by atoms with Gasteiger partial charge in [-0.1, -0.05) is 0 Å². The van der Waals surface area contributed by atoms with Crippen molar-refractivity contribution < 1.29 is 13.2 Å². The highest BCUT2D eigenvalue weighted by Gasteiger charge is 2.27. The van der Waals surface area contributed by atoms with Crippen LogP contribution in [0.25, 0.3) is 33.2 Å². The molecule has 1 fully saturated rings. The molecule has 31 heavy (non-hydrogen) atoms. The maximum absolute atomic E-state index is 11.9. The fourth-order valence-electron chi connectivity index (χ4n) is 4.10. The van der Waals surface area contributed by atoms with E-state index in [0.717, 1.165) is 38.9 Å². The molecule has 0 saturated carbocycles. The van der Waals surface area contributed by atoms with Gasteiger partial charge in [-0.3, -0.25) is 9.97 Å². The number of methoxy groups -OCH3 is 1. The largest absolute Gasteiger partial charge is 0.493 e. The van der Waals surface area contributed by atoms with Gasteiger partial charge >= 0.3 is 0 Å². The summed E-state index contributed by atoms with van der Waals surface area (Å²) in [4.78, 5) is 18.8. The van der Waals surface area contributed by atoms with Crippen molar-refractivity contribution in [1.29, 1.82) is 0 Å². The molecule has 0 atom stereocenters. The van der Waals surface area contributed by atoms with Crippen molar-refractivity contribution in [3.05, 3.63) is 43.0 Å². The molecule has 160 valence electrons. The minimum Gasteiger partial charge on any atom is -0.493 e. The van der Waals surface area contributed by atoms with E-state index in [9.17, 15) is 8.42 Å². The van der Waals surface area contributed by atoms with Crippen LogP contribution >= 0.6 is 0 Å². The lowest BCUT2D eigenvalue weighted by molar-refractivity contribution is 0.381. The normalized spacial score (nSPS) is 15.6. The van der Waals surface area contributed by atoms with Gasteiger partial charge in [0, 0.05) is 49.5 Å². The van der Waals surface area contributed by atoms with Crippen molar-refractivity contribution in [3.8, 4) is 17.0 Å². The molecular formula is C21H22N6O3S. The van der Waals surface area contributed by atoms with Crippen molar-refractivity contribution in [3.63, 3.8) is 0 Å². The molecule has 9 nitrogen and oxygen atoms in total. The summed E-state index contributed by atoms with van der Waals surface area (Å²) in [5.41, 5.74) is 4.27. The number of H-pyrrole nitrogens is 1. The highest BCUT2D eigenvalue weighted by Crippen LogP contribution is 2.40. The first-order valence-corrected chi connectivity index (χ1v) is 11.8. The summed E-state index contributed by atoms with van der Waals surface area (Å²) in [7, 11) is -1.59. The second kappa shape index (κ2) is 7.47. The molecular weight excluding hydrogens is 416 g/mol. The number of piperazine rings is 1. The highest BCUT2D eigenvalue weighted by atomic mass is 32.2. The number of aromatic nitrogens is 4. The average molecular weight is 439 g/mol. The van der Waals surface area contributed by atoms with Gasteiger partial charge in [0.2, 0.25) is 10.0 Å². The molecule has 0 bridgehead atoms. The third-order valence-electron chi connectivity index (χ3n) is 5.65. The number of hydrogen-bond donors (Lipinski definition) is 1. The van der Waals surface area contributed by atoms with Crippen LogP contribution in [-0.2, 0) is 10.0 Å². The summed E-state index contributed by atoms with van der Waals surface area (Å²) in [5.74, 6) is 0.654.